The minimum Gasteiger partial charge on any atom is -0.493 e. The summed E-state index contributed by atoms with van der Waals surface area (Å²) in [5.41, 5.74) is 3.83. The first-order valence-corrected chi connectivity index (χ1v) is 12.8. The lowest BCUT2D eigenvalue weighted by Crippen LogP contribution is -2.16. The van der Waals surface area contributed by atoms with E-state index >= 15 is 0 Å². The van der Waals surface area contributed by atoms with Crippen molar-refractivity contribution < 1.29 is 9.47 Å². The number of hydrogen-bond acceptors (Lipinski definition) is 3. The maximum atomic E-state index is 6.23. The molecule has 0 radical (unpaired) electrons. The molecule has 2 nitrogen and oxygen atoms in total. The van der Waals surface area contributed by atoms with Gasteiger partial charge in [-0.25, -0.2) is 0 Å². The highest BCUT2D eigenvalue weighted by Crippen LogP contribution is 2.39. The Balaban J connectivity index is 1.54. The Morgan fingerprint density at radius 1 is 0.964 bits per heavy atom. The molecule has 0 saturated heterocycles. The molecular formula is C25H42O2S. The van der Waals surface area contributed by atoms with Crippen LogP contribution in [0.4, 0.5) is 0 Å². The van der Waals surface area contributed by atoms with E-state index in [2.05, 4.69) is 45.5 Å². The van der Waals surface area contributed by atoms with Crippen LogP contribution in [0, 0.1) is 13.8 Å². The topological polar surface area (TPSA) is 18.5 Å². The number of thioether (sulfide) groups is 1. The molecular weight excluding hydrogens is 364 g/mol. The highest BCUT2D eigenvalue weighted by atomic mass is 32.2. The fraction of sp³-hybridized carbons (Fsp3) is 0.760. The maximum Gasteiger partial charge on any atom is 0.125 e. The van der Waals surface area contributed by atoms with Crippen molar-refractivity contribution in [1.29, 1.82) is 0 Å². The van der Waals surface area contributed by atoms with Crippen LogP contribution in [0.2, 0.25) is 0 Å². The number of benzene rings is 1. The summed E-state index contributed by atoms with van der Waals surface area (Å²) in [4.78, 5) is 0. The summed E-state index contributed by atoms with van der Waals surface area (Å²) in [6.07, 6.45) is 15.5. The summed E-state index contributed by atoms with van der Waals surface area (Å²) in [6, 6.07) is 2.17. The number of unbranched alkanes of at least 4 members (excludes halogenated alkanes) is 9. The van der Waals surface area contributed by atoms with E-state index in [1.807, 2.05) is 0 Å². The molecule has 0 amide bonds. The predicted molar refractivity (Wildman–Crippen MR) is 124 cm³/mol. The minimum absolute atomic E-state index is 0.332. The van der Waals surface area contributed by atoms with E-state index in [0.717, 1.165) is 30.3 Å². The van der Waals surface area contributed by atoms with Crippen molar-refractivity contribution in [3.63, 3.8) is 0 Å². The van der Waals surface area contributed by atoms with E-state index in [9.17, 15) is 0 Å². The van der Waals surface area contributed by atoms with Crippen LogP contribution in [0.15, 0.2) is 6.07 Å². The van der Waals surface area contributed by atoms with Crippen LogP contribution < -0.4 is 9.47 Å². The van der Waals surface area contributed by atoms with Crippen molar-refractivity contribution >= 4 is 11.8 Å². The Morgan fingerprint density at radius 2 is 1.61 bits per heavy atom. The summed E-state index contributed by atoms with van der Waals surface area (Å²) in [5.74, 6) is 4.52. The third-order valence-electron chi connectivity index (χ3n) is 5.76. The number of aryl methyl sites for hydroxylation is 1. The van der Waals surface area contributed by atoms with Gasteiger partial charge in [-0.15, -0.1) is 0 Å². The van der Waals surface area contributed by atoms with Crippen LogP contribution in [-0.2, 0) is 6.42 Å². The second kappa shape index (κ2) is 13.4. The SMILES string of the molecule is CCCCCCCCCCCCSCC1Cc2c(cc(C)c(OCC)c2C)O1. The zero-order valence-electron chi connectivity index (χ0n) is 18.8. The molecule has 0 fully saturated rings. The molecule has 0 spiro atoms. The van der Waals surface area contributed by atoms with E-state index < -0.39 is 0 Å². The van der Waals surface area contributed by atoms with Gasteiger partial charge in [-0.2, -0.15) is 11.8 Å². The van der Waals surface area contributed by atoms with Gasteiger partial charge in [-0.1, -0.05) is 64.7 Å². The Labute approximate surface area is 178 Å². The van der Waals surface area contributed by atoms with Gasteiger partial charge in [0.2, 0.25) is 0 Å². The van der Waals surface area contributed by atoms with Crippen molar-refractivity contribution in [3.8, 4) is 11.5 Å². The summed E-state index contributed by atoms with van der Waals surface area (Å²) in [5, 5.41) is 0. The number of ether oxygens (including phenoxy) is 2. The lowest BCUT2D eigenvalue weighted by Gasteiger charge is -2.13. The van der Waals surface area contributed by atoms with E-state index in [1.54, 1.807) is 0 Å². The van der Waals surface area contributed by atoms with Gasteiger partial charge in [0.05, 0.1) is 6.61 Å². The van der Waals surface area contributed by atoms with Crippen LogP contribution in [-0.4, -0.2) is 24.2 Å². The number of rotatable bonds is 15. The Bertz CT molecular complexity index is 570. The third kappa shape index (κ3) is 7.54. The molecule has 1 aliphatic rings. The molecule has 2 rings (SSSR count). The van der Waals surface area contributed by atoms with Crippen LogP contribution >= 0.6 is 11.8 Å². The molecule has 0 N–H and O–H groups in total. The van der Waals surface area contributed by atoms with Gasteiger partial charge < -0.3 is 9.47 Å². The predicted octanol–water partition coefficient (Wildman–Crippen LogP) is 7.66. The maximum absolute atomic E-state index is 6.23. The standard InChI is InChI=1S/C25H42O2S/c1-5-7-8-9-10-11-12-13-14-15-16-28-19-22-18-23-21(4)25(26-6-2)20(3)17-24(23)27-22/h17,22H,5-16,18-19H2,1-4H3. The average molecular weight is 407 g/mol. The lowest BCUT2D eigenvalue weighted by atomic mass is 10.0. The van der Waals surface area contributed by atoms with Gasteiger partial charge >= 0.3 is 0 Å². The smallest absolute Gasteiger partial charge is 0.125 e. The first-order chi connectivity index (χ1) is 13.7. The van der Waals surface area contributed by atoms with Gasteiger partial charge in [0.1, 0.15) is 17.6 Å². The first kappa shape index (κ1) is 23.4. The molecule has 28 heavy (non-hydrogen) atoms. The minimum atomic E-state index is 0.332. The largest absolute Gasteiger partial charge is 0.493 e. The molecule has 0 bridgehead atoms. The highest BCUT2D eigenvalue weighted by molar-refractivity contribution is 7.99. The molecule has 0 saturated carbocycles. The summed E-state index contributed by atoms with van der Waals surface area (Å²) in [6.45, 7) is 9.36. The third-order valence-corrected chi connectivity index (χ3v) is 6.94. The van der Waals surface area contributed by atoms with Crippen molar-refractivity contribution in [2.45, 2.75) is 104 Å². The normalized spacial score (nSPS) is 15.5. The number of fused-ring (bicyclic) bond motifs is 1. The van der Waals surface area contributed by atoms with Crippen molar-refractivity contribution in [3.05, 3.63) is 22.8 Å². The van der Waals surface area contributed by atoms with Crippen LogP contribution in [0.3, 0.4) is 0 Å². The Hall–Kier alpha value is -0.830. The first-order valence-electron chi connectivity index (χ1n) is 11.7. The second-order valence-electron chi connectivity index (χ2n) is 8.26. The second-order valence-corrected chi connectivity index (χ2v) is 9.41. The molecule has 1 aliphatic heterocycles. The van der Waals surface area contributed by atoms with Crippen molar-refractivity contribution in [2.24, 2.45) is 0 Å². The summed E-state index contributed by atoms with van der Waals surface area (Å²) in [7, 11) is 0. The van der Waals surface area contributed by atoms with Gasteiger partial charge in [-0.05, 0) is 50.1 Å². The van der Waals surface area contributed by atoms with Gasteiger partial charge in [0.25, 0.3) is 0 Å². The zero-order valence-corrected chi connectivity index (χ0v) is 19.6. The molecule has 0 aliphatic carbocycles. The zero-order chi connectivity index (χ0) is 20.2. The molecule has 0 aromatic heterocycles. The van der Waals surface area contributed by atoms with Crippen LogP contribution in [0.1, 0.15) is 94.7 Å². The molecule has 1 aromatic carbocycles. The fourth-order valence-electron chi connectivity index (χ4n) is 4.14. The van der Waals surface area contributed by atoms with E-state index in [4.69, 9.17) is 9.47 Å². The fourth-order valence-corrected chi connectivity index (χ4v) is 5.16. The lowest BCUT2D eigenvalue weighted by molar-refractivity contribution is 0.259. The van der Waals surface area contributed by atoms with Crippen LogP contribution in [0.25, 0.3) is 0 Å². The van der Waals surface area contributed by atoms with Gasteiger partial charge in [-0.3, -0.25) is 0 Å². The Kier molecular flexibility index (Phi) is 11.2. The quantitative estimate of drug-likeness (QED) is 0.278. The Morgan fingerprint density at radius 3 is 2.25 bits per heavy atom. The van der Waals surface area contributed by atoms with E-state index in [0.29, 0.717) is 6.10 Å². The highest BCUT2D eigenvalue weighted by Gasteiger charge is 2.27. The van der Waals surface area contributed by atoms with Gasteiger partial charge in [0, 0.05) is 17.7 Å². The molecule has 3 heteroatoms. The van der Waals surface area contributed by atoms with Crippen molar-refractivity contribution in [2.75, 3.05) is 18.1 Å². The van der Waals surface area contributed by atoms with Crippen molar-refractivity contribution in [1.82, 2.24) is 0 Å². The van der Waals surface area contributed by atoms with E-state index in [1.165, 1.54) is 86.7 Å². The molecule has 160 valence electrons. The van der Waals surface area contributed by atoms with Gasteiger partial charge in [0.15, 0.2) is 0 Å². The summed E-state index contributed by atoms with van der Waals surface area (Å²) < 4.78 is 12.1. The molecule has 1 heterocycles. The summed E-state index contributed by atoms with van der Waals surface area (Å²) >= 11 is 2.07. The average Bonchev–Trinajstić information content (AvgIpc) is 3.09. The molecule has 1 aromatic rings. The molecule has 1 atom stereocenters. The van der Waals surface area contributed by atoms with Crippen LogP contribution in [0.5, 0.6) is 11.5 Å². The van der Waals surface area contributed by atoms with E-state index in [-0.39, 0.29) is 0 Å². The number of hydrogen-bond donors (Lipinski definition) is 0. The molecule has 1 unspecified atom stereocenters. The monoisotopic (exact) mass is 406 g/mol.